The molecule has 0 heterocycles. The van der Waals surface area contributed by atoms with Crippen LogP contribution in [0.1, 0.15) is 12.0 Å². The largest absolute Gasteiger partial charge is 0.391 e. The molecule has 0 aliphatic heterocycles. The summed E-state index contributed by atoms with van der Waals surface area (Å²) in [6.45, 7) is 2.35. The number of aliphatic hydroxyl groups excluding tert-OH is 1. The number of methoxy groups -OCH3 is 1. The van der Waals surface area contributed by atoms with Gasteiger partial charge in [-0.25, -0.2) is 0 Å². The highest BCUT2D eigenvalue weighted by atomic mass is 16.5. The van der Waals surface area contributed by atoms with E-state index in [1.54, 1.807) is 12.1 Å². The number of aliphatic hydroxyl groups is 1. The third kappa shape index (κ3) is 5.81. The number of carbonyl (C=O) groups is 2. The fraction of sp³-hybridized carbons (Fsp3) is 0.429. The summed E-state index contributed by atoms with van der Waals surface area (Å²) in [6, 6.07) is 7.13. The van der Waals surface area contributed by atoms with Gasteiger partial charge in [0.15, 0.2) is 0 Å². The van der Waals surface area contributed by atoms with Gasteiger partial charge in [0, 0.05) is 19.3 Å². The second-order valence-corrected chi connectivity index (χ2v) is 4.47. The van der Waals surface area contributed by atoms with Crippen LogP contribution in [0.2, 0.25) is 0 Å². The van der Waals surface area contributed by atoms with Crippen molar-refractivity contribution < 1.29 is 19.4 Å². The van der Waals surface area contributed by atoms with Gasteiger partial charge in [0.2, 0.25) is 0 Å². The van der Waals surface area contributed by atoms with Crippen molar-refractivity contribution in [2.75, 3.05) is 25.6 Å². The molecule has 1 unspecified atom stereocenters. The Balaban J connectivity index is 2.32. The van der Waals surface area contributed by atoms with E-state index in [0.29, 0.717) is 12.1 Å². The summed E-state index contributed by atoms with van der Waals surface area (Å²) in [7, 11) is 1.48. The van der Waals surface area contributed by atoms with Crippen LogP contribution < -0.4 is 10.6 Å². The van der Waals surface area contributed by atoms with Crippen LogP contribution in [0, 0.1) is 6.92 Å². The van der Waals surface area contributed by atoms with E-state index in [1.165, 1.54) is 7.11 Å². The van der Waals surface area contributed by atoms with Crippen LogP contribution in [-0.4, -0.2) is 43.3 Å². The molecule has 0 aliphatic rings. The van der Waals surface area contributed by atoms with E-state index in [2.05, 4.69) is 10.6 Å². The van der Waals surface area contributed by atoms with Crippen LogP contribution in [0.15, 0.2) is 24.3 Å². The van der Waals surface area contributed by atoms with Crippen LogP contribution >= 0.6 is 0 Å². The van der Waals surface area contributed by atoms with Crippen molar-refractivity contribution in [3.63, 3.8) is 0 Å². The molecule has 0 aromatic heterocycles. The third-order valence-electron chi connectivity index (χ3n) is 2.64. The molecule has 0 saturated carbocycles. The van der Waals surface area contributed by atoms with Crippen molar-refractivity contribution in [2.45, 2.75) is 19.4 Å². The second-order valence-electron chi connectivity index (χ2n) is 4.47. The summed E-state index contributed by atoms with van der Waals surface area (Å²) in [5.41, 5.74) is 1.63. The number of ether oxygens (including phenoxy) is 1. The Morgan fingerprint density at radius 1 is 1.25 bits per heavy atom. The lowest BCUT2D eigenvalue weighted by molar-refractivity contribution is -0.136. The number of aryl methyl sites for hydroxylation is 1. The SMILES string of the molecule is COCC(O)CCNC(=O)C(=O)Nc1ccc(C)cc1. The van der Waals surface area contributed by atoms with Crippen molar-refractivity contribution in [1.82, 2.24) is 5.32 Å². The molecule has 3 N–H and O–H groups in total. The molecule has 20 heavy (non-hydrogen) atoms. The van der Waals surface area contributed by atoms with Gasteiger partial charge in [-0.15, -0.1) is 0 Å². The molecule has 110 valence electrons. The van der Waals surface area contributed by atoms with Crippen LogP contribution in [0.3, 0.4) is 0 Å². The van der Waals surface area contributed by atoms with Gasteiger partial charge in [0.25, 0.3) is 0 Å². The Morgan fingerprint density at radius 3 is 2.50 bits per heavy atom. The molecule has 1 rings (SSSR count). The zero-order chi connectivity index (χ0) is 15.0. The molecule has 0 spiro atoms. The Morgan fingerprint density at radius 2 is 1.90 bits per heavy atom. The number of rotatable bonds is 6. The number of amides is 2. The molecular formula is C14H20N2O4. The highest BCUT2D eigenvalue weighted by Crippen LogP contribution is 2.08. The standard InChI is InChI=1S/C14H20N2O4/c1-10-3-5-11(6-4-10)16-14(19)13(18)15-8-7-12(17)9-20-2/h3-6,12,17H,7-9H2,1-2H3,(H,15,18)(H,16,19). The smallest absolute Gasteiger partial charge is 0.313 e. The Kier molecular flexibility index (Phi) is 6.69. The minimum atomic E-state index is -0.727. The predicted molar refractivity (Wildman–Crippen MR) is 75.3 cm³/mol. The van der Waals surface area contributed by atoms with Gasteiger partial charge in [0.1, 0.15) is 0 Å². The van der Waals surface area contributed by atoms with E-state index in [0.717, 1.165) is 5.56 Å². The van der Waals surface area contributed by atoms with E-state index in [9.17, 15) is 14.7 Å². The molecule has 1 aromatic carbocycles. The molecule has 1 atom stereocenters. The van der Waals surface area contributed by atoms with Crippen LogP contribution in [0.5, 0.6) is 0 Å². The van der Waals surface area contributed by atoms with E-state index >= 15 is 0 Å². The summed E-state index contributed by atoms with van der Waals surface area (Å²) in [5.74, 6) is -1.45. The number of nitrogens with one attached hydrogen (secondary N) is 2. The molecule has 1 aromatic rings. The quantitative estimate of drug-likeness (QED) is 0.660. The first-order valence-electron chi connectivity index (χ1n) is 6.35. The fourth-order valence-corrected chi connectivity index (χ4v) is 1.53. The van der Waals surface area contributed by atoms with E-state index in [-0.39, 0.29) is 13.2 Å². The minimum Gasteiger partial charge on any atom is -0.391 e. The lowest BCUT2D eigenvalue weighted by atomic mass is 10.2. The van der Waals surface area contributed by atoms with Crippen molar-refractivity contribution in [2.24, 2.45) is 0 Å². The van der Waals surface area contributed by atoms with Crippen molar-refractivity contribution in [1.29, 1.82) is 0 Å². The summed E-state index contributed by atoms with van der Waals surface area (Å²) in [4.78, 5) is 23.1. The third-order valence-corrected chi connectivity index (χ3v) is 2.64. The van der Waals surface area contributed by atoms with Gasteiger partial charge in [-0.2, -0.15) is 0 Å². The van der Waals surface area contributed by atoms with E-state index in [4.69, 9.17) is 4.74 Å². The zero-order valence-electron chi connectivity index (χ0n) is 11.7. The molecule has 2 amide bonds. The summed E-state index contributed by atoms with van der Waals surface area (Å²) in [6.07, 6.45) is -0.322. The van der Waals surface area contributed by atoms with Gasteiger partial charge in [-0.1, -0.05) is 17.7 Å². The number of anilines is 1. The molecule has 0 aliphatic carbocycles. The summed E-state index contributed by atoms with van der Waals surface area (Å²) in [5, 5.41) is 14.3. The monoisotopic (exact) mass is 280 g/mol. The number of hydrogen-bond acceptors (Lipinski definition) is 4. The predicted octanol–water partition coefficient (Wildman–Crippen LogP) is 0.447. The van der Waals surface area contributed by atoms with Crippen molar-refractivity contribution in [3.8, 4) is 0 Å². The molecular weight excluding hydrogens is 260 g/mol. The first-order chi connectivity index (χ1) is 9.52. The van der Waals surface area contributed by atoms with Gasteiger partial charge in [-0.05, 0) is 25.5 Å². The number of hydrogen-bond donors (Lipinski definition) is 3. The lowest BCUT2D eigenvalue weighted by Gasteiger charge is -2.10. The van der Waals surface area contributed by atoms with E-state index < -0.39 is 17.9 Å². The zero-order valence-corrected chi connectivity index (χ0v) is 11.7. The Labute approximate surface area is 118 Å². The highest BCUT2D eigenvalue weighted by Gasteiger charge is 2.13. The van der Waals surface area contributed by atoms with Crippen LogP contribution in [0.25, 0.3) is 0 Å². The van der Waals surface area contributed by atoms with Crippen molar-refractivity contribution >= 4 is 17.5 Å². The minimum absolute atomic E-state index is 0.200. The maximum atomic E-state index is 11.6. The molecule has 0 radical (unpaired) electrons. The van der Waals surface area contributed by atoms with E-state index in [1.807, 2.05) is 19.1 Å². The van der Waals surface area contributed by atoms with Gasteiger partial charge in [0.05, 0.1) is 12.7 Å². The Hall–Kier alpha value is -1.92. The maximum absolute atomic E-state index is 11.6. The average Bonchev–Trinajstić information content (AvgIpc) is 2.41. The highest BCUT2D eigenvalue weighted by molar-refractivity contribution is 6.39. The average molecular weight is 280 g/mol. The molecule has 6 nitrogen and oxygen atoms in total. The maximum Gasteiger partial charge on any atom is 0.313 e. The normalized spacial score (nSPS) is 11.8. The van der Waals surface area contributed by atoms with Crippen molar-refractivity contribution in [3.05, 3.63) is 29.8 Å². The first-order valence-corrected chi connectivity index (χ1v) is 6.35. The molecule has 0 fully saturated rings. The molecule has 0 saturated heterocycles. The van der Waals surface area contributed by atoms with Crippen LogP contribution in [0.4, 0.5) is 5.69 Å². The van der Waals surface area contributed by atoms with Gasteiger partial charge in [-0.3, -0.25) is 9.59 Å². The topological polar surface area (TPSA) is 87.7 Å². The molecule has 6 heteroatoms. The van der Waals surface area contributed by atoms with Crippen LogP contribution in [-0.2, 0) is 14.3 Å². The van der Waals surface area contributed by atoms with Gasteiger partial charge >= 0.3 is 11.8 Å². The number of carbonyl (C=O) groups excluding carboxylic acids is 2. The first kappa shape index (κ1) is 16.1. The summed E-state index contributed by atoms with van der Waals surface area (Å²) < 4.78 is 4.76. The number of benzene rings is 1. The lowest BCUT2D eigenvalue weighted by Crippen LogP contribution is -2.37. The van der Waals surface area contributed by atoms with Gasteiger partial charge < -0.3 is 20.5 Å². The second kappa shape index (κ2) is 8.29. The summed E-state index contributed by atoms with van der Waals surface area (Å²) >= 11 is 0. The molecule has 0 bridgehead atoms. The fourth-order valence-electron chi connectivity index (χ4n) is 1.53. The Bertz CT molecular complexity index is 445.